The number of carbonyl (C=O) groups is 1. The van der Waals surface area contributed by atoms with Crippen LogP contribution < -0.4 is 0 Å². The van der Waals surface area contributed by atoms with Crippen LogP contribution in [0.3, 0.4) is 0 Å². The lowest BCUT2D eigenvalue weighted by atomic mass is 9.91. The number of nitrogens with zero attached hydrogens (tertiary/aromatic N) is 4. The molecule has 28 heavy (non-hydrogen) atoms. The van der Waals surface area contributed by atoms with Gasteiger partial charge < -0.3 is 9.80 Å². The van der Waals surface area contributed by atoms with Crippen LogP contribution in [0.2, 0.25) is 0 Å². The van der Waals surface area contributed by atoms with Crippen molar-refractivity contribution in [3.05, 3.63) is 30.1 Å². The van der Waals surface area contributed by atoms with Crippen LogP contribution in [0.5, 0.6) is 0 Å². The molecule has 156 valence electrons. The van der Waals surface area contributed by atoms with Crippen molar-refractivity contribution in [2.45, 2.75) is 56.7 Å². The maximum absolute atomic E-state index is 13.1. The summed E-state index contributed by atoms with van der Waals surface area (Å²) in [6.45, 7) is 7.79. The van der Waals surface area contributed by atoms with Gasteiger partial charge in [0, 0.05) is 51.2 Å². The second kappa shape index (κ2) is 7.99. The van der Waals surface area contributed by atoms with E-state index in [2.05, 4.69) is 4.98 Å². The molecule has 7 nitrogen and oxygen atoms in total. The van der Waals surface area contributed by atoms with Gasteiger partial charge >= 0.3 is 6.03 Å². The van der Waals surface area contributed by atoms with Gasteiger partial charge in [-0.25, -0.2) is 17.5 Å². The van der Waals surface area contributed by atoms with Crippen LogP contribution in [0.25, 0.3) is 0 Å². The maximum Gasteiger partial charge on any atom is 0.320 e. The highest BCUT2D eigenvalue weighted by Crippen LogP contribution is 2.31. The normalized spacial score (nSPS) is 22.4. The lowest BCUT2D eigenvalue weighted by molar-refractivity contribution is 0.134. The molecule has 3 rings (SSSR count). The number of aromatic nitrogens is 1. The maximum atomic E-state index is 13.1. The van der Waals surface area contributed by atoms with Crippen molar-refractivity contribution in [1.82, 2.24) is 19.1 Å². The quantitative estimate of drug-likeness (QED) is 0.770. The van der Waals surface area contributed by atoms with Crippen LogP contribution in [0.15, 0.2) is 24.5 Å². The van der Waals surface area contributed by atoms with E-state index in [0.29, 0.717) is 32.0 Å². The van der Waals surface area contributed by atoms with Crippen molar-refractivity contribution in [3.63, 3.8) is 0 Å². The molecule has 0 unspecified atom stereocenters. The lowest BCUT2D eigenvalue weighted by Gasteiger charge is -2.35. The Kier molecular flexibility index (Phi) is 6.00. The van der Waals surface area contributed by atoms with E-state index >= 15 is 0 Å². The Hall–Kier alpha value is -1.67. The molecule has 2 saturated heterocycles. The molecule has 1 aromatic rings. The molecular weight excluding hydrogens is 376 g/mol. The van der Waals surface area contributed by atoms with Crippen LogP contribution in [-0.2, 0) is 10.0 Å². The van der Waals surface area contributed by atoms with Crippen molar-refractivity contribution in [1.29, 1.82) is 0 Å². The molecular formula is C20H32N4O3S. The first kappa shape index (κ1) is 21.0. The first-order valence-electron chi connectivity index (χ1n) is 10.0. The van der Waals surface area contributed by atoms with Gasteiger partial charge in [0.15, 0.2) is 0 Å². The van der Waals surface area contributed by atoms with E-state index in [1.807, 2.05) is 32.9 Å². The molecule has 1 aromatic heterocycles. The number of carbonyl (C=O) groups excluding carboxylic acids is 1. The summed E-state index contributed by atoms with van der Waals surface area (Å²) in [5.41, 5.74) is 0.943. The van der Waals surface area contributed by atoms with E-state index in [9.17, 15) is 13.2 Å². The van der Waals surface area contributed by atoms with Crippen molar-refractivity contribution >= 4 is 16.1 Å². The number of pyridine rings is 1. The summed E-state index contributed by atoms with van der Waals surface area (Å²) in [6.07, 6.45) is 5.74. The Labute approximate surface area is 168 Å². The van der Waals surface area contributed by atoms with Crippen LogP contribution in [0.1, 0.15) is 51.5 Å². The topological polar surface area (TPSA) is 73.8 Å². The second-order valence-electron chi connectivity index (χ2n) is 8.87. The van der Waals surface area contributed by atoms with Gasteiger partial charge in [-0.3, -0.25) is 4.98 Å². The third-order valence-electron chi connectivity index (χ3n) is 6.12. The Morgan fingerprint density at radius 3 is 2.29 bits per heavy atom. The highest BCUT2D eigenvalue weighted by atomic mass is 32.2. The van der Waals surface area contributed by atoms with Crippen LogP contribution >= 0.6 is 0 Å². The SMILES string of the molecule is CN(C(=O)N1CC[C@H](S(=O)(=O)N2CCC(c3ccncc3)CC2)C1)C(C)(C)C. The molecule has 8 heteroatoms. The largest absolute Gasteiger partial charge is 0.323 e. The molecule has 2 aliphatic heterocycles. The summed E-state index contributed by atoms with van der Waals surface area (Å²) in [5, 5.41) is -0.498. The number of piperidine rings is 1. The molecule has 2 fully saturated rings. The summed E-state index contributed by atoms with van der Waals surface area (Å²) in [7, 11) is -1.61. The predicted molar refractivity (Wildman–Crippen MR) is 110 cm³/mol. The minimum Gasteiger partial charge on any atom is -0.323 e. The molecule has 2 amide bonds. The molecule has 3 heterocycles. The third-order valence-corrected chi connectivity index (χ3v) is 8.43. The zero-order chi connectivity index (χ0) is 20.5. The first-order chi connectivity index (χ1) is 13.1. The zero-order valence-electron chi connectivity index (χ0n) is 17.3. The van der Waals surface area contributed by atoms with Gasteiger partial charge in [0.25, 0.3) is 0 Å². The van der Waals surface area contributed by atoms with Crippen molar-refractivity contribution in [2.75, 3.05) is 33.2 Å². The molecule has 0 bridgehead atoms. The molecule has 0 radical (unpaired) electrons. The number of likely N-dealkylation sites (tertiary alicyclic amines) is 1. The number of amides is 2. The molecule has 1 atom stereocenters. The number of hydrogen-bond donors (Lipinski definition) is 0. The van der Waals surface area contributed by atoms with Crippen molar-refractivity contribution in [2.24, 2.45) is 0 Å². The fourth-order valence-electron chi connectivity index (χ4n) is 3.93. The molecule has 0 aliphatic carbocycles. The van der Waals surface area contributed by atoms with E-state index < -0.39 is 15.3 Å². The van der Waals surface area contributed by atoms with Crippen LogP contribution in [0, 0.1) is 0 Å². The summed E-state index contributed by atoms with van der Waals surface area (Å²) in [6, 6.07) is 3.93. The van der Waals surface area contributed by atoms with E-state index in [0.717, 1.165) is 12.8 Å². The number of sulfonamides is 1. The monoisotopic (exact) mass is 408 g/mol. The minimum absolute atomic E-state index is 0.0957. The minimum atomic E-state index is -3.39. The number of urea groups is 1. The molecule has 2 aliphatic rings. The first-order valence-corrected chi connectivity index (χ1v) is 11.5. The van der Waals surface area contributed by atoms with Crippen LogP contribution in [0.4, 0.5) is 4.79 Å². The fourth-order valence-corrected chi connectivity index (χ4v) is 5.85. The summed E-state index contributed by atoms with van der Waals surface area (Å²) in [5.74, 6) is 0.386. The third kappa shape index (κ3) is 4.33. The predicted octanol–water partition coefficient (Wildman–Crippen LogP) is 2.52. The van der Waals surface area contributed by atoms with Gasteiger partial charge in [-0.15, -0.1) is 0 Å². The number of rotatable bonds is 3. The van der Waals surface area contributed by atoms with E-state index in [1.165, 1.54) is 5.56 Å². The van der Waals surface area contributed by atoms with Gasteiger partial charge in [0.2, 0.25) is 10.0 Å². The van der Waals surface area contributed by atoms with E-state index in [1.54, 1.807) is 33.5 Å². The summed E-state index contributed by atoms with van der Waals surface area (Å²) in [4.78, 5) is 20.1. The van der Waals surface area contributed by atoms with Crippen molar-refractivity contribution in [3.8, 4) is 0 Å². The van der Waals surface area contributed by atoms with Gasteiger partial charge in [0.05, 0.1) is 5.25 Å². The summed E-state index contributed by atoms with van der Waals surface area (Å²) >= 11 is 0. The average Bonchev–Trinajstić information content (AvgIpc) is 3.18. The highest BCUT2D eigenvalue weighted by Gasteiger charge is 2.41. The van der Waals surface area contributed by atoms with Gasteiger partial charge in [0.1, 0.15) is 0 Å². The Balaban J connectivity index is 1.59. The van der Waals surface area contributed by atoms with Gasteiger partial charge in [-0.2, -0.15) is 0 Å². The van der Waals surface area contributed by atoms with Gasteiger partial charge in [-0.05, 0) is 63.6 Å². The highest BCUT2D eigenvalue weighted by molar-refractivity contribution is 7.89. The van der Waals surface area contributed by atoms with E-state index in [-0.39, 0.29) is 18.1 Å². The Morgan fingerprint density at radius 1 is 1.11 bits per heavy atom. The molecule has 0 aromatic carbocycles. The average molecular weight is 409 g/mol. The Morgan fingerprint density at radius 2 is 1.71 bits per heavy atom. The molecule has 0 N–H and O–H groups in total. The summed E-state index contributed by atoms with van der Waals surface area (Å²) < 4.78 is 27.9. The number of hydrogen-bond acceptors (Lipinski definition) is 4. The Bertz CT molecular complexity index is 783. The fraction of sp³-hybridized carbons (Fsp3) is 0.700. The van der Waals surface area contributed by atoms with Gasteiger partial charge in [-0.1, -0.05) is 0 Å². The molecule has 0 saturated carbocycles. The smallest absolute Gasteiger partial charge is 0.320 e. The standard InChI is InChI=1S/C20H32N4O3S/c1-20(2,3)22(4)19(25)23-12-9-18(15-23)28(26,27)24-13-7-17(8-14-24)16-5-10-21-11-6-16/h5-6,10-11,17-18H,7-9,12-15H2,1-4H3/t18-/m0/s1. The van der Waals surface area contributed by atoms with Crippen LogP contribution in [-0.4, -0.2) is 77.6 Å². The second-order valence-corrected chi connectivity index (χ2v) is 11.1. The zero-order valence-corrected chi connectivity index (χ0v) is 18.2. The van der Waals surface area contributed by atoms with E-state index in [4.69, 9.17) is 0 Å². The molecule has 0 spiro atoms. The van der Waals surface area contributed by atoms with Crippen molar-refractivity contribution < 1.29 is 13.2 Å². The lowest BCUT2D eigenvalue weighted by Crippen LogP contribution is -2.50.